The number of nitrogens with two attached hydrogens (primary N) is 1. The van der Waals surface area contributed by atoms with Crippen LogP contribution in [0, 0.1) is 18.8 Å². The molecule has 6 heteroatoms. The quantitative estimate of drug-likeness (QED) is 0.694. The van der Waals surface area contributed by atoms with E-state index in [0.29, 0.717) is 6.54 Å². The fourth-order valence-corrected chi connectivity index (χ4v) is 3.77. The van der Waals surface area contributed by atoms with E-state index < -0.39 is 0 Å². The molecule has 0 bridgehead atoms. The van der Waals surface area contributed by atoms with Crippen LogP contribution in [-0.4, -0.2) is 15.9 Å². The van der Waals surface area contributed by atoms with Crippen molar-refractivity contribution in [2.45, 2.75) is 17.0 Å². The van der Waals surface area contributed by atoms with Gasteiger partial charge in [0.05, 0.1) is 6.54 Å². The standard InChI is InChI=1S/C11H11N3S3/c1-8-13-11(17-14-8)16-7-10-9(3-2-5-12)4-6-15-10/h4,6H,5,7,12H2,1H3. The summed E-state index contributed by atoms with van der Waals surface area (Å²) in [6.45, 7) is 2.31. The second-order valence-corrected chi connectivity index (χ2v) is 6.13. The minimum atomic E-state index is 0.401. The average Bonchev–Trinajstić information content (AvgIpc) is 2.92. The lowest BCUT2D eigenvalue weighted by Crippen LogP contribution is -1.93. The lowest BCUT2D eigenvalue weighted by Gasteiger charge is -1.95. The first-order valence-electron chi connectivity index (χ1n) is 4.98. The first kappa shape index (κ1) is 12.6. The highest BCUT2D eigenvalue weighted by molar-refractivity contribution is 8.00. The van der Waals surface area contributed by atoms with Gasteiger partial charge in [-0.25, -0.2) is 4.98 Å². The van der Waals surface area contributed by atoms with E-state index in [-0.39, 0.29) is 0 Å². The Balaban J connectivity index is 2.01. The van der Waals surface area contributed by atoms with Crippen LogP contribution in [0.15, 0.2) is 15.8 Å². The number of thiophene rings is 1. The van der Waals surface area contributed by atoms with Gasteiger partial charge in [-0.2, -0.15) is 4.37 Å². The third kappa shape index (κ3) is 3.54. The van der Waals surface area contributed by atoms with Crippen molar-refractivity contribution in [3.05, 3.63) is 27.7 Å². The maximum atomic E-state index is 5.37. The van der Waals surface area contributed by atoms with Gasteiger partial charge in [0.25, 0.3) is 0 Å². The molecule has 88 valence electrons. The molecule has 0 aliphatic heterocycles. The fourth-order valence-electron chi connectivity index (χ4n) is 1.17. The molecule has 2 aromatic heterocycles. The summed E-state index contributed by atoms with van der Waals surface area (Å²) in [5.74, 6) is 7.70. The molecule has 2 heterocycles. The van der Waals surface area contributed by atoms with Crippen LogP contribution >= 0.6 is 34.6 Å². The molecular weight excluding hydrogens is 270 g/mol. The minimum absolute atomic E-state index is 0.401. The lowest BCUT2D eigenvalue weighted by atomic mass is 10.3. The maximum absolute atomic E-state index is 5.37. The van der Waals surface area contributed by atoms with Crippen LogP contribution in [0.25, 0.3) is 0 Å². The van der Waals surface area contributed by atoms with E-state index in [1.54, 1.807) is 23.1 Å². The lowest BCUT2D eigenvalue weighted by molar-refractivity contribution is 1.10. The van der Waals surface area contributed by atoms with Crippen LogP contribution in [0.3, 0.4) is 0 Å². The second-order valence-electron chi connectivity index (χ2n) is 3.16. The van der Waals surface area contributed by atoms with Gasteiger partial charge in [-0.15, -0.1) is 11.3 Å². The average molecular weight is 281 g/mol. The third-order valence-corrected chi connectivity index (χ3v) is 4.96. The van der Waals surface area contributed by atoms with E-state index in [0.717, 1.165) is 21.5 Å². The van der Waals surface area contributed by atoms with Crippen molar-refractivity contribution in [2.24, 2.45) is 5.73 Å². The van der Waals surface area contributed by atoms with Gasteiger partial charge in [0.2, 0.25) is 0 Å². The largest absolute Gasteiger partial charge is 0.320 e. The van der Waals surface area contributed by atoms with Crippen molar-refractivity contribution in [2.75, 3.05) is 6.54 Å². The maximum Gasteiger partial charge on any atom is 0.170 e. The molecule has 0 fully saturated rings. The molecule has 2 N–H and O–H groups in total. The number of aromatic nitrogens is 2. The van der Waals surface area contributed by atoms with Gasteiger partial charge in [0, 0.05) is 16.2 Å². The van der Waals surface area contributed by atoms with Crippen LogP contribution in [0.5, 0.6) is 0 Å². The molecule has 0 atom stereocenters. The van der Waals surface area contributed by atoms with E-state index in [4.69, 9.17) is 5.73 Å². The highest BCUT2D eigenvalue weighted by Crippen LogP contribution is 2.28. The number of rotatable bonds is 3. The first-order valence-corrected chi connectivity index (χ1v) is 7.62. The number of thioether (sulfide) groups is 1. The summed E-state index contributed by atoms with van der Waals surface area (Å²) >= 11 is 4.87. The SMILES string of the molecule is Cc1nsc(SCc2sccc2C#CCN)n1. The Morgan fingerprint density at radius 1 is 1.53 bits per heavy atom. The van der Waals surface area contributed by atoms with Crippen LogP contribution in [0.1, 0.15) is 16.3 Å². The molecule has 0 radical (unpaired) electrons. The molecule has 17 heavy (non-hydrogen) atoms. The summed E-state index contributed by atoms with van der Waals surface area (Å²) in [6, 6.07) is 2.04. The predicted octanol–water partition coefficient (Wildman–Crippen LogP) is 2.51. The topological polar surface area (TPSA) is 51.8 Å². The minimum Gasteiger partial charge on any atom is -0.320 e. The number of nitrogens with zero attached hydrogens (tertiary/aromatic N) is 2. The molecule has 0 aromatic carbocycles. The Bertz CT molecular complexity index is 548. The van der Waals surface area contributed by atoms with E-state index in [9.17, 15) is 0 Å². The molecule has 0 spiro atoms. The smallest absolute Gasteiger partial charge is 0.170 e. The van der Waals surface area contributed by atoms with Crippen molar-refractivity contribution in [1.29, 1.82) is 0 Å². The number of aryl methyl sites for hydroxylation is 1. The van der Waals surface area contributed by atoms with Crippen molar-refractivity contribution < 1.29 is 0 Å². The molecule has 0 saturated heterocycles. The van der Waals surface area contributed by atoms with E-state index in [1.807, 2.05) is 13.0 Å². The van der Waals surface area contributed by atoms with Gasteiger partial charge in [0.15, 0.2) is 4.34 Å². The molecule has 0 amide bonds. The zero-order chi connectivity index (χ0) is 12.1. The van der Waals surface area contributed by atoms with Gasteiger partial charge in [-0.3, -0.25) is 0 Å². The monoisotopic (exact) mass is 281 g/mol. The third-order valence-electron chi connectivity index (χ3n) is 1.91. The van der Waals surface area contributed by atoms with Crippen molar-refractivity contribution >= 4 is 34.6 Å². The van der Waals surface area contributed by atoms with Crippen LogP contribution in [0.4, 0.5) is 0 Å². The molecule has 0 saturated carbocycles. The van der Waals surface area contributed by atoms with Crippen LogP contribution in [-0.2, 0) is 5.75 Å². The van der Waals surface area contributed by atoms with Gasteiger partial charge in [0.1, 0.15) is 5.82 Å². The summed E-state index contributed by atoms with van der Waals surface area (Å²) in [6.07, 6.45) is 0. The van der Waals surface area contributed by atoms with Gasteiger partial charge >= 0.3 is 0 Å². The molecule has 3 nitrogen and oxygen atoms in total. The predicted molar refractivity (Wildman–Crippen MR) is 74.5 cm³/mol. The summed E-state index contributed by atoms with van der Waals surface area (Å²) < 4.78 is 5.17. The van der Waals surface area contributed by atoms with Gasteiger partial charge in [-0.05, 0) is 29.9 Å². The summed E-state index contributed by atoms with van der Waals surface area (Å²) in [7, 11) is 0. The van der Waals surface area contributed by atoms with E-state index in [2.05, 4.69) is 26.6 Å². The molecule has 2 aromatic rings. The van der Waals surface area contributed by atoms with Gasteiger partial charge < -0.3 is 5.73 Å². The molecule has 2 rings (SSSR count). The van der Waals surface area contributed by atoms with Gasteiger partial charge in [-0.1, -0.05) is 23.6 Å². The highest BCUT2D eigenvalue weighted by atomic mass is 32.2. The summed E-state index contributed by atoms with van der Waals surface area (Å²) in [4.78, 5) is 5.59. The summed E-state index contributed by atoms with van der Waals surface area (Å²) in [5, 5.41) is 2.06. The Hall–Kier alpha value is -0.870. The highest BCUT2D eigenvalue weighted by Gasteiger charge is 2.05. The van der Waals surface area contributed by atoms with Crippen molar-refractivity contribution in [1.82, 2.24) is 9.36 Å². The second kappa shape index (κ2) is 6.17. The molecule has 0 aliphatic rings. The zero-order valence-electron chi connectivity index (χ0n) is 9.27. The fraction of sp³-hybridized carbons (Fsp3) is 0.273. The van der Waals surface area contributed by atoms with E-state index >= 15 is 0 Å². The number of hydrogen-bond acceptors (Lipinski definition) is 6. The van der Waals surface area contributed by atoms with Crippen molar-refractivity contribution in [3.8, 4) is 11.8 Å². The Kier molecular flexibility index (Phi) is 4.57. The number of hydrogen-bond donors (Lipinski definition) is 1. The van der Waals surface area contributed by atoms with Crippen LogP contribution in [0.2, 0.25) is 0 Å². The first-order chi connectivity index (χ1) is 8.29. The Morgan fingerprint density at radius 2 is 2.41 bits per heavy atom. The van der Waals surface area contributed by atoms with Crippen molar-refractivity contribution in [3.63, 3.8) is 0 Å². The normalized spacial score (nSPS) is 10.0. The summed E-state index contributed by atoms with van der Waals surface area (Å²) in [5.41, 5.74) is 6.45. The molecule has 0 unspecified atom stereocenters. The molecule has 0 aliphatic carbocycles. The Morgan fingerprint density at radius 3 is 3.12 bits per heavy atom. The van der Waals surface area contributed by atoms with Crippen LogP contribution < -0.4 is 5.73 Å². The zero-order valence-corrected chi connectivity index (χ0v) is 11.7. The molecular formula is C11H11N3S3. The van der Waals surface area contributed by atoms with E-state index in [1.165, 1.54) is 16.4 Å². The Labute approximate surface area is 113 Å².